The van der Waals surface area contributed by atoms with E-state index in [-0.39, 0.29) is 17.8 Å². The molecule has 150 valence electrons. The number of carbonyl (C=O) groups excluding carboxylic acids is 1. The van der Waals surface area contributed by atoms with Gasteiger partial charge in [-0.1, -0.05) is 28.1 Å². The molecule has 0 bridgehead atoms. The molecule has 1 aliphatic rings. The second-order valence-electron chi connectivity index (χ2n) is 7.02. The first-order valence-corrected chi connectivity index (χ1v) is 10.5. The van der Waals surface area contributed by atoms with E-state index in [1.807, 2.05) is 48.5 Å². The number of fused-ring (bicyclic) bond motifs is 1. The van der Waals surface area contributed by atoms with Crippen LogP contribution in [0.2, 0.25) is 0 Å². The number of ether oxygens (including phenoxy) is 1. The van der Waals surface area contributed by atoms with Crippen LogP contribution in [-0.2, 0) is 0 Å². The minimum atomic E-state index is -0.264. The van der Waals surface area contributed by atoms with Crippen LogP contribution < -0.4 is 10.1 Å². The molecule has 3 aromatic rings. The lowest BCUT2D eigenvalue weighted by atomic mass is 10.1. The van der Waals surface area contributed by atoms with Crippen LogP contribution in [-0.4, -0.2) is 58.3 Å². The Labute approximate surface area is 177 Å². The maximum absolute atomic E-state index is 12.5. The van der Waals surface area contributed by atoms with Crippen LogP contribution in [0.25, 0.3) is 11.0 Å². The van der Waals surface area contributed by atoms with Crippen molar-refractivity contribution < 1.29 is 9.53 Å². The third kappa shape index (κ3) is 5.27. The highest BCUT2D eigenvalue weighted by Crippen LogP contribution is 2.16. The van der Waals surface area contributed by atoms with E-state index >= 15 is 0 Å². The number of rotatable bonds is 6. The molecule has 0 unspecified atom stereocenters. The zero-order valence-electron chi connectivity index (χ0n) is 15.9. The SMILES string of the molecule is O=C(NC1CCN(CCOc2ccc(Br)cc2)CC1)c1nnc2ccccc2n1. The summed E-state index contributed by atoms with van der Waals surface area (Å²) < 4.78 is 6.83. The number of hydrogen-bond acceptors (Lipinski definition) is 6. The van der Waals surface area contributed by atoms with Crippen LogP contribution in [0.15, 0.2) is 53.0 Å². The smallest absolute Gasteiger partial charge is 0.291 e. The number of piperidine rings is 1. The molecule has 1 aliphatic heterocycles. The maximum Gasteiger partial charge on any atom is 0.291 e. The number of halogens is 1. The van der Waals surface area contributed by atoms with E-state index in [0.29, 0.717) is 17.6 Å². The van der Waals surface area contributed by atoms with Crippen LogP contribution in [0.5, 0.6) is 5.75 Å². The van der Waals surface area contributed by atoms with E-state index in [1.54, 1.807) is 0 Å². The van der Waals surface area contributed by atoms with Crippen molar-refractivity contribution in [1.82, 2.24) is 25.4 Å². The van der Waals surface area contributed by atoms with Gasteiger partial charge >= 0.3 is 0 Å². The van der Waals surface area contributed by atoms with Gasteiger partial charge < -0.3 is 10.1 Å². The van der Waals surface area contributed by atoms with Gasteiger partial charge in [0.2, 0.25) is 5.82 Å². The number of amides is 1. The van der Waals surface area contributed by atoms with E-state index < -0.39 is 0 Å². The highest BCUT2D eigenvalue weighted by atomic mass is 79.9. The minimum Gasteiger partial charge on any atom is -0.492 e. The van der Waals surface area contributed by atoms with Crippen molar-refractivity contribution in [3.63, 3.8) is 0 Å². The standard InChI is InChI=1S/C21H22BrN5O2/c22-15-5-7-17(8-6-15)29-14-13-27-11-9-16(10-12-27)23-21(28)20-24-18-3-1-2-4-19(18)25-26-20/h1-8,16H,9-14H2,(H,23,28). The fourth-order valence-corrected chi connectivity index (χ4v) is 3.62. The lowest BCUT2D eigenvalue weighted by molar-refractivity contribution is 0.0894. The number of carbonyl (C=O) groups is 1. The van der Waals surface area contributed by atoms with E-state index in [0.717, 1.165) is 42.7 Å². The first-order chi connectivity index (χ1) is 14.2. The Morgan fingerprint density at radius 3 is 2.55 bits per heavy atom. The van der Waals surface area contributed by atoms with Gasteiger partial charge in [0.05, 0.1) is 5.52 Å². The van der Waals surface area contributed by atoms with E-state index in [2.05, 4.69) is 41.3 Å². The number of aromatic nitrogens is 3. The Morgan fingerprint density at radius 2 is 1.79 bits per heavy atom. The molecular weight excluding hydrogens is 434 g/mol. The van der Waals surface area contributed by atoms with Crippen LogP contribution in [0.3, 0.4) is 0 Å². The number of nitrogens with one attached hydrogen (secondary N) is 1. The summed E-state index contributed by atoms with van der Waals surface area (Å²) in [5, 5.41) is 11.1. The van der Waals surface area contributed by atoms with E-state index in [1.165, 1.54) is 0 Å². The summed E-state index contributed by atoms with van der Waals surface area (Å²) in [6.45, 7) is 3.36. The molecule has 4 rings (SSSR count). The highest BCUT2D eigenvalue weighted by molar-refractivity contribution is 9.10. The molecule has 0 saturated carbocycles. The van der Waals surface area contributed by atoms with Gasteiger partial charge in [0, 0.05) is 30.1 Å². The average Bonchev–Trinajstić information content (AvgIpc) is 2.76. The molecule has 1 N–H and O–H groups in total. The summed E-state index contributed by atoms with van der Waals surface area (Å²) in [5.41, 5.74) is 1.36. The molecular formula is C21H22BrN5O2. The zero-order valence-corrected chi connectivity index (χ0v) is 17.5. The second kappa shape index (κ2) is 9.28. The Bertz CT molecular complexity index is 974. The number of para-hydroxylation sites is 1. The zero-order chi connectivity index (χ0) is 20.1. The summed E-state index contributed by atoms with van der Waals surface area (Å²) in [6.07, 6.45) is 1.79. The summed E-state index contributed by atoms with van der Waals surface area (Å²) in [5.74, 6) is 0.730. The topological polar surface area (TPSA) is 80.2 Å². The largest absolute Gasteiger partial charge is 0.492 e. The van der Waals surface area contributed by atoms with Gasteiger partial charge in [-0.3, -0.25) is 9.69 Å². The fraction of sp³-hybridized carbons (Fsp3) is 0.333. The van der Waals surface area contributed by atoms with Crippen molar-refractivity contribution in [2.45, 2.75) is 18.9 Å². The highest BCUT2D eigenvalue weighted by Gasteiger charge is 2.22. The van der Waals surface area contributed by atoms with Crippen LogP contribution in [0, 0.1) is 0 Å². The molecule has 2 heterocycles. The molecule has 2 aromatic carbocycles. The number of nitrogens with zero attached hydrogens (tertiary/aromatic N) is 4. The van der Waals surface area contributed by atoms with Gasteiger partial charge in [0.1, 0.15) is 17.9 Å². The van der Waals surface area contributed by atoms with Gasteiger partial charge in [-0.25, -0.2) is 4.98 Å². The first-order valence-electron chi connectivity index (χ1n) is 9.68. The molecule has 29 heavy (non-hydrogen) atoms. The van der Waals surface area contributed by atoms with Crippen molar-refractivity contribution in [2.75, 3.05) is 26.2 Å². The molecule has 7 nitrogen and oxygen atoms in total. The van der Waals surface area contributed by atoms with Crippen molar-refractivity contribution >= 4 is 32.9 Å². The molecule has 0 aliphatic carbocycles. The molecule has 8 heteroatoms. The predicted molar refractivity (Wildman–Crippen MR) is 114 cm³/mol. The molecule has 1 saturated heterocycles. The van der Waals surface area contributed by atoms with Crippen molar-refractivity contribution in [3.05, 3.63) is 58.8 Å². The van der Waals surface area contributed by atoms with Gasteiger partial charge in [-0.2, -0.15) is 0 Å². The summed E-state index contributed by atoms with van der Waals surface area (Å²) >= 11 is 3.42. The molecule has 0 spiro atoms. The third-order valence-corrected chi connectivity index (χ3v) is 5.50. The third-order valence-electron chi connectivity index (χ3n) is 4.98. The summed E-state index contributed by atoms with van der Waals surface area (Å²) in [6, 6.07) is 15.4. The molecule has 1 aromatic heterocycles. The molecule has 0 atom stereocenters. The van der Waals surface area contributed by atoms with Crippen LogP contribution in [0.4, 0.5) is 0 Å². The van der Waals surface area contributed by atoms with Crippen LogP contribution >= 0.6 is 15.9 Å². The Hall–Kier alpha value is -2.58. The molecule has 1 fully saturated rings. The maximum atomic E-state index is 12.5. The van der Waals surface area contributed by atoms with Crippen molar-refractivity contribution in [3.8, 4) is 5.75 Å². The normalized spacial score (nSPS) is 15.3. The van der Waals surface area contributed by atoms with Gasteiger partial charge in [0.25, 0.3) is 5.91 Å². The van der Waals surface area contributed by atoms with Gasteiger partial charge in [-0.05, 0) is 49.2 Å². The average molecular weight is 456 g/mol. The Morgan fingerprint density at radius 1 is 1.07 bits per heavy atom. The number of hydrogen-bond donors (Lipinski definition) is 1. The first kappa shape index (κ1) is 19.7. The number of likely N-dealkylation sites (tertiary alicyclic amines) is 1. The summed E-state index contributed by atoms with van der Waals surface area (Å²) in [7, 11) is 0. The summed E-state index contributed by atoms with van der Waals surface area (Å²) in [4.78, 5) is 19.1. The molecule has 1 amide bonds. The fourth-order valence-electron chi connectivity index (χ4n) is 3.35. The Kier molecular flexibility index (Phi) is 6.31. The predicted octanol–water partition coefficient (Wildman–Crippen LogP) is 3.06. The lowest BCUT2D eigenvalue weighted by Crippen LogP contribution is -2.45. The van der Waals surface area contributed by atoms with Gasteiger partial charge in [0.15, 0.2) is 0 Å². The minimum absolute atomic E-state index is 0.119. The lowest BCUT2D eigenvalue weighted by Gasteiger charge is -2.32. The van der Waals surface area contributed by atoms with Crippen LogP contribution in [0.1, 0.15) is 23.5 Å². The van der Waals surface area contributed by atoms with Gasteiger partial charge in [-0.15, -0.1) is 10.2 Å². The van der Waals surface area contributed by atoms with Crippen molar-refractivity contribution in [2.24, 2.45) is 0 Å². The van der Waals surface area contributed by atoms with Crippen molar-refractivity contribution in [1.29, 1.82) is 0 Å². The Balaban J connectivity index is 1.21. The van der Waals surface area contributed by atoms with E-state index in [4.69, 9.17) is 4.74 Å². The quantitative estimate of drug-likeness (QED) is 0.614. The second-order valence-corrected chi connectivity index (χ2v) is 7.93. The van der Waals surface area contributed by atoms with E-state index in [9.17, 15) is 4.79 Å². The monoisotopic (exact) mass is 455 g/mol. The molecule has 0 radical (unpaired) electrons. The number of benzene rings is 2.